The van der Waals surface area contributed by atoms with Gasteiger partial charge in [-0.1, -0.05) is 5.16 Å². The predicted molar refractivity (Wildman–Crippen MR) is 89.4 cm³/mol. The SMILES string of the molecule is Cc1cc(NC(=O)CCN2CCN(Cc3nccn3C)CC2)no1. The van der Waals surface area contributed by atoms with Gasteiger partial charge in [-0.25, -0.2) is 4.98 Å². The number of imidazole rings is 1. The van der Waals surface area contributed by atoms with Crippen molar-refractivity contribution in [3.05, 3.63) is 30.0 Å². The lowest BCUT2D eigenvalue weighted by molar-refractivity contribution is -0.116. The quantitative estimate of drug-likeness (QED) is 0.845. The number of hydrogen-bond donors (Lipinski definition) is 1. The summed E-state index contributed by atoms with van der Waals surface area (Å²) in [5.41, 5.74) is 0. The molecular formula is C16H24N6O2. The van der Waals surface area contributed by atoms with Crippen LogP contribution in [0.5, 0.6) is 0 Å². The zero-order valence-electron chi connectivity index (χ0n) is 14.2. The molecule has 1 aliphatic rings. The van der Waals surface area contributed by atoms with Crippen LogP contribution in [0.4, 0.5) is 5.82 Å². The second-order valence-electron chi connectivity index (χ2n) is 6.19. The van der Waals surface area contributed by atoms with Crippen molar-refractivity contribution < 1.29 is 9.32 Å². The number of piperazine rings is 1. The number of carbonyl (C=O) groups is 1. The maximum absolute atomic E-state index is 11.9. The lowest BCUT2D eigenvalue weighted by Gasteiger charge is -2.34. The Bertz CT molecular complexity index is 672. The van der Waals surface area contributed by atoms with Gasteiger partial charge < -0.3 is 19.3 Å². The summed E-state index contributed by atoms with van der Waals surface area (Å²) >= 11 is 0. The number of nitrogens with zero attached hydrogens (tertiary/aromatic N) is 5. The first-order valence-electron chi connectivity index (χ1n) is 8.24. The Balaban J connectivity index is 1.36. The molecule has 2 aromatic heterocycles. The maximum Gasteiger partial charge on any atom is 0.226 e. The topological polar surface area (TPSA) is 79.4 Å². The summed E-state index contributed by atoms with van der Waals surface area (Å²) in [7, 11) is 2.02. The van der Waals surface area contributed by atoms with Gasteiger partial charge in [0.25, 0.3) is 0 Å². The Morgan fingerprint density at radius 1 is 1.29 bits per heavy atom. The Morgan fingerprint density at radius 2 is 2.04 bits per heavy atom. The summed E-state index contributed by atoms with van der Waals surface area (Å²) in [6.07, 6.45) is 4.27. The molecular weight excluding hydrogens is 308 g/mol. The molecule has 0 radical (unpaired) electrons. The van der Waals surface area contributed by atoms with E-state index in [4.69, 9.17) is 4.52 Å². The third-order valence-electron chi connectivity index (χ3n) is 4.30. The molecule has 0 spiro atoms. The monoisotopic (exact) mass is 332 g/mol. The van der Waals surface area contributed by atoms with Crippen molar-refractivity contribution >= 4 is 11.7 Å². The highest BCUT2D eigenvalue weighted by Gasteiger charge is 2.18. The van der Waals surface area contributed by atoms with Crippen LogP contribution in [0, 0.1) is 6.92 Å². The minimum atomic E-state index is -0.0289. The molecule has 0 aliphatic carbocycles. The molecule has 3 heterocycles. The van der Waals surface area contributed by atoms with Gasteiger partial charge in [-0.15, -0.1) is 0 Å². The van der Waals surface area contributed by atoms with Crippen LogP contribution >= 0.6 is 0 Å². The van der Waals surface area contributed by atoms with E-state index >= 15 is 0 Å². The molecule has 3 rings (SSSR count). The average Bonchev–Trinajstić information content (AvgIpc) is 3.15. The number of aryl methyl sites for hydroxylation is 2. The van der Waals surface area contributed by atoms with Gasteiger partial charge in [-0.3, -0.25) is 9.69 Å². The number of nitrogens with one attached hydrogen (secondary N) is 1. The van der Waals surface area contributed by atoms with E-state index in [1.807, 2.05) is 19.4 Å². The molecule has 1 saturated heterocycles. The van der Waals surface area contributed by atoms with Crippen LogP contribution in [-0.4, -0.2) is 63.1 Å². The number of amides is 1. The predicted octanol–water partition coefficient (Wildman–Crippen LogP) is 0.863. The molecule has 8 nitrogen and oxygen atoms in total. The van der Waals surface area contributed by atoms with E-state index in [0.29, 0.717) is 18.0 Å². The third-order valence-corrected chi connectivity index (χ3v) is 4.30. The summed E-state index contributed by atoms with van der Waals surface area (Å²) in [4.78, 5) is 21.0. The largest absolute Gasteiger partial charge is 0.360 e. The van der Waals surface area contributed by atoms with Crippen molar-refractivity contribution in [2.75, 3.05) is 38.0 Å². The molecule has 1 fully saturated rings. The maximum atomic E-state index is 11.9. The Kier molecular flexibility index (Phi) is 5.27. The van der Waals surface area contributed by atoms with Crippen LogP contribution in [0.1, 0.15) is 18.0 Å². The zero-order valence-corrected chi connectivity index (χ0v) is 14.2. The van der Waals surface area contributed by atoms with Gasteiger partial charge in [0.05, 0.1) is 6.54 Å². The molecule has 2 aromatic rings. The first-order chi connectivity index (χ1) is 11.6. The molecule has 8 heteroatoms. The van der Waals surface area contributed by atoms with Crippen LogP contribution in [0.3, 0.4) is 0 Å². The molecule has 1 N–H and O–H groups in total. The molecule has 0 unspecified atom stereocenters. The molecule has 1 aliphatic heterocycles. The van der Waals surface area contributed by atoms with E-state index in [9.17, 15) is 4.79 Å². The van der Waals surface area contributed by atoms with Crippen LogP contribution in [-0.2, 0) is 18.4 Å². The molecule has 0 atom stereocenters. The van der Waals surface area contributed by atoms with E-state index in [1.165, 1.54) is 0 Å². The highest BCUT2D eigenvalue weighted by atomic mass is 16.5. The normalized spacial score (nSPS) is 16.4. The van der Waals surface area contributed by atoms with Crippen LogP contribution < -0.4 is 5.32 Å². The van der Waals surface area contributed by atoms with Crippen LogP contribution in [0.2, 0.25) is 0 Å². The minimum Gasteiger partial charge on any atom is -0.360 e. The minimum absolute atomic E-state index is 0.0289. The van der Waals surface area contributed by atoms with Gasteiger partial charge in [-0.2, -0.15) is 0 Å². The fraction of sp³-hybridized carbons (Fsp3) is 0.562. The van der Waals surface area contributed by atoms with Crippen molar-refractivity contribution in [3.63, 3.8) is 0 Å². The van der Waals surface area contributed by atoms with Gasteiger partial charge >= 0.3 is 0 Å². The number of rotatable bonds is 6. The van der Waals surface area contributed by atoms with E-state index in [1.54, 1.807) is 13.0 Å². The lowest BCUT2D eigenvalue weighted by atomic mass is 10.2. The summed E-state index contributed by atoms with van der Waals surface area (Å²) in [6, 6.07) is 1.72. The molecule has 0 bridgehead atoms. The van der Waals surface area contributed by atoms with Crippen molar-refractivity contribution in [1.82, 2.24) is 24.5 Å². The first-order valence-corrected chi connectivity index (χ1v) is 8.24. The Hall–Kier alpha value is -2.19. The molecule has 130 valence electrons. The van der Waals surface area contributed by atoms with Gasteiger partial charge in [0.1, 0.15) is 11.6 Å². The molecule has 0 saturated carbocycles. The first kappa shape index (κ1) is 16.7. The van der Waals surface area contributed by atoms with Crippen molar-refractivity contribution in [2.45, 2.75) is 19.9 Å². The van der Waals surface area contributed by atoms with Gasteiger partial charge in [-0.05, 0) is 6.92 Å². The zero-order chi connectivity index (χ0) is 16.9. The van der Waals surface area contributed by atoms with E-state index in [-0.39, 0.29) is 5.91 Å². The second kappa shape index (κ2) is 7.59. The fourth-order valence-corrected chi connectivity index (χ4v) is 2.81. The van der Waals surface area contributed by atoms with Crippen molar-refractivity contribution in [2.24, 2.45) is 7.05 Å². The summed E-state index contributed by atoms with van der Waals surface area (Å²) in [6.45, 7) is 7.38. The molecule has 1 amide bonds. The average molecular weight is 332 g/mol. The van der Waals surface area contributed by atoms with Crippen LogP contribution in [0.15, 0.2) is 23.0 Å². The van der Waals surface area contributed by atoms with Crippen molar-refractivity contribution in [1.29, 1.82) is 0 Å². The number of hydrogen-bond acceptors (Lipinski definition) is 6. The van der Waals surface area contributed by atoms with Gasteiger partial charge in [0.15, 0.2) is 5.82 Å². The highest BCUT2D eigenvalue weighted by Crippen LogP contribution is 2.09. The van der Waals surface area contributed by atoms with Gasteiger partial charge in [0, 0.05) is 64.7 Å². The highest BCUT2D eigenvalue weighted by molar-refractivity contribution is 5.89. The standard InChI is InChI=1S/C16H24N6O2/c1-13-11-14(19-24-13)18-16(23)3-5-21-7-9-22(10-8-21)12-15-17-4-6-20(15)2/h4,6,11H,3,5,7-10,12H2,1-2H3,(H,18,19,23). The smallest absolute Gasteiger partial charge is 0.226 e. The summed E-state index contributed by atoms with van der Waals surface area (Å²) < 4.78 is 6.99. The summed E-state index contributed by atoms with van der Waals surface area (Å²) in [5.74, 6) is 2.23. The van der Waals surface area contributed by atoms with Gasteiger partial charge in [0.2, 0.25) is 5.91 Å². The Morgan fingerprint density at radius 3 is 2.67 bits per heavy atom. The number of carbonyl (C=O) groups excluding carboxylic acids is 1. The third kappa shape index (κ3) is 4.42. The van der Waals surface area contributed by atoms with Crippen molar-refractivity contribution in [3.8, 4) is 0 Å². The number of anilines is 1. The molecule has 24 heavy (non-hydrogen) atoms. The summed E-state index contributed by atoms with van der Waals surface area (Å²) in [5, 5.41) is 6.52. The van der Waals surface area contributed by atoms with E-state index in [0.717, 1.165) is 45.1 Å². The van der Waals surface area contributed by atoms with E-state index in [2.05, 4.69) is 29.8 Å². The van der Waals surface area contributed by atoms with E-state index < -0.39 is 0 Å². The van der Waals surface area contributed by atoms with Crippen LogP contribution in [0.25, 0.3) is 0 Å². The lowest BCUT2D eigenvalue weighted by Crippen LogP contribution is -2.46. The molecule has 0 aromatic carbocycles. The fourth-order valence-electron chi connectivity index (χ4n) is 2.81. The Labute approximate surface area is 141 Å². The number of aromatic nitrogens is 3. The second-order valence-corrected chi connectivity index (χ2v) is 6.19.